The molecule has 0 saturated heterocycles. The van der Waals surface area contributed by atoms with Crippen molar-refractivity contribution in [3.63, 3.8) is 0 Å². The van der Waals surface area contributed by atoms with Gasteiger partial charge in [-0.1, -0.05) is 72.8 Å². The number of nitrogens with zero attached hydrogens (tertiary/aromatic N) is 2. The fourth-order valence-corrected chi connectivity index (χ4v) is 4.96. The van der Waals surface area contributed by atoms with Crippen molar-refractivity contribution in [3.05, 3.63) is 108 Å². The molecule has 7 rings (SSSR count). The molecule has 0 aliphatic heterocycles. The van der Waals surface area contributed by atoms with E-state index < -0.39 is 0 Å². The van der Waals surface area contributed by atoms with E-state index in [0.717, 1.165) is 66.0 Å². The molecule has 0 bridgehead atoms. The molecule has 2 heterocycles. The van der Waals surface area contributed by atoms with Crippen LogP contribution in [-0.2, 0) is 0 Å². The van der Waals surface area contributed by atoms with Crippen LogP contribution in [0.3, 0.4) is 0 Å². The number of hydrogen-bond acceptors (Lipinski definition) is 3. The average Bonchev–Trinajstić information content (AvgIpc) is 3.27. The molecule has 2 aromatic heterocycles. The van der Waals surface area contributed by atoms with Crippen LogP contribution in [0.4, 0.5) is 0 Å². The minimum absolute atomic E-state index is 0.254. The standard InChI is InChI=1S/C30H17ClN2O/c31-30-32-26-7-3-1-6-25(26)28(33-30)19-11-9-18(10-12-19)20-13-15-22-21(17-20)14-16-24-23-5-2-4-8-27(23)34-29(22)24/h1-17H. The fourth-order valence-electron chi connectivity index (χ4n) is 4.78. The van der Waals surface area contributed by atoms with E-state index in [-0.39, 0.29) is 5.28 Å². The first-order valence-electron chi connectivity index (χ1n) is 11.1. The Bertz CT molecular complexity index is 1870. The number of para-hydroxylation sites is 2. The lowest BCUT2D eigenvalue weighted by Gasteiger charge is -2.09. The molecule has 0 amide bonds. The van der Waals surface area contributed by atoms with Gasteiger partial charge in [0.25, 0.3) is 0 Å². The molecule has 34 heavy (non-hydrogen) atoms. The van der Waals surface area contributed by atoms with Gasteiger partial charge in [0.05, 0.1) is 11.2 Å². The Balaban J connectivity index is 1.32. The maximum Gasteiger partial charge on any atom is 0.223 e. The number of aromatic nitrogens is 2. The SMILES string of the molecule is Clc1nc(-c2ccc(-c3ccc4c(ccc5c6ccccc6oc45)c3)cc2)c2ccccc2n1. The molecule has 0 N–H and O–H groups in total. The van der Waals surface area contributed by atoms with Crippen molar-refractivity contribution in [1.29, 1.82) is 0 Å². The van der Waals surface area contributed by atoms with Crippen molar-refractivity contribution in [2.45, 2.75) is 0 Å². The monoisotopic (exact) mass is 456 g/mol. The van der Waals surface area contributed by atoms with Gasteiger partial charge in [0, 0.05) is 27.1 Å². The summed E-state index contributed by atoms with van der Waals surface area (Å²) >= 11 is 6.19. The van der Waals surface area contributed by atoms with Crippen LogP contribution in [0.25, 0.3) is 66.0 Å². The van der Waals surface area contributed by atoms with Crippen LogP contribution in [0.1, 0.15) is 0 Å². The third-order valence-electron chi connectivity index (χ3n) is 6.43. The zero-order chi connectivity index (χ0) is 22.6. The first kappa shape index (κ1) is 19.3. The van der Waals surface area contributed by atoms with E-state index >= 15 is 0 Å². The largest absolute Gasteiger partial charge is 0.455 e. The number of fused-ring (bicyclic) bond motifs is 6. The van der Waals surface area contributed by atoms with Crippen LogP contribution in [-0.4, -0.2) is 9.97 Å². The van der Waals surface area contributed by atoms with Crippen LogP contribution < -0.4 is 0 Å². The summed E-state index contributed by atoms with van der Waals surface area (Å²) in [6.45, 7) is 0. The highest BCUT2D eigenvalue weighted by molar-refractivity contribution is 6.28. The third kappa shape index (κ3) is 2.98. The summed E-state index contributed by atoms with van der Waals surface area (Å²) < 4.78 is 6.20. The van der Waals surface area contributed by atoms with Crippen molar-refractivity contribution < 1.29 is 4.42 Å². The third-order valence-corrected chi connectivity index (χ3v) is 6.60. The van der Waals surface area contributed by atoms with Crippen molar-refractivity contribution in [2.75, 3.05) is 0 Å². The highest BCUT2D eigenvalue weighted by Crippen LogP contribution is 2.36. The van der Waals surface area contributed by atoms with Gasteiger partial charge in [-0.2, -0.15) is 0 Å². The number of halogens is 1. The van der Waals surface area contributed by atoms with E-state index in [1.807, 2.05) is 42.5 Å². The van der Waals surface area contributed by atoms with Crippen LogP contribution >= 0.6 is 11.6 Å². The van der Waals surface area contributed by atoms with Crippen molar-refractivity contribution in [3.8, 4) is 22.4 Å². The zero-order valence-corrected chi connectivity index (χ0v) is 18.8. The molecule has 7 aromatic rings. The van der Waals surface area contributed by atoms with Gasteiger partial charge in [0.15, 0.2) is 0 Å². The second-order valence-corrected chi connectivity index (χ2v) is 8.75. The average molecular weight is 457 g/mol. The molecule has 0 fully saturated rings. The van der Waals surface area contributed by atoms with Crippen molar-refractivity contribution in [1.82, 2.24) is 9.97 Å². The fraction of sp³-hybridized carbons (Fsp3) is 0. The number of furan rings is 1. The Morgan fingerprint density at radius 1 is 0.559 bits per heavy atom. The predicted molar refractivity (Wildman–Crippen MR) is 140 cm³/mol. The maximum atomic E-state index is 6.20. The molecule has 0 atom stereocenters. The van der Waals surface area contributed by atoms with E-state index in [1.165, 1.54) is 0 Å². The van der Waals surface area contributed by atoms with Crippen LogP contribution in [0.2, 0.25) is 5.28 Å². The predicted octanol–water partition coefficient (Wildman–Crippen LogP) is 8.67. The Morgan fingerprint density at radius 2 is 1.26 bits per heavy atom. The molecule has 0 saturated carbocycles. The molecule has 4 heteroatoms. The molecule has 160 valence electrons. The first-order valence-corrected chi connectivity index (χ1v) is 11.5. The number of hydrogen-bond donors (Lipinski definition) is 0. The van der Waals surface area contributed by atoms with Crippen molar-refractivity contribution in [2.24, 2.45) is 0 Å². The lowest BCUT2D eigenvalue weighted by molar-refractivity contribution is 0.672. The first-order chi connectivity index (χ1) is 16.7. The van der Waals surface area contributed by atoms with Gasteiger partial charge in [0.1, 0.15) is 11.2 Å². The Morgan fingerprint density at radius 3 is 2.15 bits per heavy atom. The minimum atomic E-state index is 0.254. The number of rotatable bonds is 2. The summed E-state index contributed by atoms with van der Waals surface area (Å²) in [4.78, 5) is 8.84. The molecule has 5 aromatic carbocycles. The zero-order valence-electron chi connectivity index (χ0n) is 18.0. The second kappa shape index (κ2) is 7.41. The van der Waals surface area contributed by atoms with Gasteiger partial charge in [-0.3, -0.25) is 0 Å². The summed E-state index contributed by atoms with van der Waals surface area (Å²) in [6.07, 6.45) is 0. The molecule has 0 aliphatic rings. The van der Waals surface area contributed by atoms with E-state index in [0.29, 0.717) is 0 Å². The quantitative estimate of drug-likeness (QED) is 0.244. The van der Waals surface area contributed by atoms with Gasteiger partial charge in [-0.15, -0.1) is 0 Å². The van der Waals surface area contributed by atoms with Gasteiger partial charge < -0.3 is 4.42 Å². The molecule has 0 radical (unpaired) electrons. The van der Waals surface area contributed by atoms with Gasteiger partial charge in [-0.25, -0.2) is 9.97 Å². The van der Waals surface area contributed by atoms with Crippen LogP contribution in [0.15, 0.2) is 108 Å². The highest BCUT2D eigenvalue weighted by Gasteiger charge is 2.12. The molecule has 0 spiro atoms. The van der Waals surface area contributed by atoms with Gasteiger partial charge in [0.2, 0.25) is 5.28 Å². The summed E-state index contributed by atoms with van der Waals surface area (Å²) in [7, 11) is 0. The molecule has 0 aliphatic carbocycles. The van der Waals surface area contributed by atoms with Crippen molar-refractivity contribution >= 4 is 55.2 Å². The Hall–Kier alpha value is -4.21. The topological polar surface area (TPSA) is 38.9 Å². The number of benzene rings is 5. The lowest BCUT2D eigenvalue weighted by Crippen LogP contribution is -1.91. The minimum Gasteiger partial charge on any atom is -0.455 e. The second-order valence-electron chi connectivity index (χ2n) is 8.41. The van der Waals surface area contributed by atoms with E-state index in [9.17, 15) is 0 Å². The molecular formula is C30H17ClN2O. The normalized spacial score (nSPS) is 11.7. The summed E-state index contributed by atoms with van der Waals surface area (Å²) in [5.41, 5.74) is 6.84. The van der Waals surface area contributed by atoms with E-state index in [1.54, 1.807) is 0 Å². The van der Waals surface area contributed by atoms with E-state index in [2.05, 4.69) is 70.6 Å². The smallest absolute Gasteiger partial charge is 0.223 e. The van der Waals surface area contributed by atoms with Gasteiger partial charge >= 0.3 is 0 Å². The maximum absolute atomic E-state index is 6.20. The van der Waals surface area contributed by atoms with E-state index in [4.69, 9.17) is 16.0 Å². The summed E-state index contributed by atoms with van der Waals surface area (Å²) in [6, 6.07) is 35.4. The van der Waals surface area contributed by atoms with Crippen LogP contribution in [0, 0.1) is 0 Å². The lowest BCUT2D eigenvalue weighted by atomic mass is 9.98. The van der Waals surface area contributed by atoms with Crippen LogP contribution in [0.5, 0.6) is 0 Å². The Kier molecular flexibility index (Phi) is 4.20. The molecular weight excluding hydrogens is 440 g/mol. The molecule has 0 unspecified atom stereocenters. The van der Waals surface area contributed by atoms with Gasteiger partial charge in [-0.05, 0) is 58.4 Å². The summed E-state index contributed by atoms with van der Waals surface area (Å²) in [5, 5.41) is 5.81. The summed E-state index contributed by atoms with van der Waals surface area (Å²) in [5.74, 6) is 0. The Labute approximate surface area is 200 Å². The highest BCUT2D eigenvalue weighted by atomic mass is 35.5. The molecule has 3 nitrogen and oxygen atoms in total.